The van der Waals surface area contributed by atoms with Crippen molar-refractivity contribution in [1.29, 1.82) is 0 Å². The molecular weight excluding hydrogens is 232 g/mol. The summed E-state index contributed by atoms with van der Waals surface area (Å²) in [5.74, 6) is -0.353. The number of hydrogen-bond donors (Lipinski definition) is 2. The first-order valence-corrected chi connectivity index (χ1v) is 6.56. The van der Waals surface area contributed by atoms with Gasteiger partial charge in [0.15, 0.2) is 0 Å². The number of carbonyl (C=O) groups excluding carboxylic acids is 1. The molecule has 0 saturated carbocycles. The summed E-state index contributed by atoms with van der Waals surface area (Å²) in [5.41, 5.74) is 5.45. The topological polar surface area (TPSA) is 83.6 Å². The molecular formula is C13H26N2O3. The minimum absolute atomic E-state index is 0.0741. The third kappa shape index (κ3) is 8.06. The minimum Gasteiger partial charge on any atom is -0.480 e. The van der Waals surface area contributed by atoms with E-state index in [4.69, 9.17) is 10.8 Å². The Hall–Kier alpha value is -1.10. The van der Waals surface area contributed by atoms with Crippen LogP contribution in [0.15, 0.2) is 0 Å². The molecule has 1 unspecified atom stereocenters. The largest absolute Gasteiger partial charge is 0.480 e. The monoisotopic (exact) mass is 258 g/mol. The van der Waals surface area contributed by atoms with Gasteiger partial charge in [0.2, 0.25) is 5.91 Å². The molecule has 0 heterocycles. The van der Waals surface area contributed by atoms with Crippen LogP contribution in [0.25, 0.3) is 0 Å². The molecule has 5 nitrogen and oxygen atoms in total. The molecule has 106 valence electrons. The molecule has 0 aromatic rings. The van der Waals surface area contributed by atoms with Gasteiger partial charge in [-0.15, -0.1) is 0 Å². The van der Waals surface area contributed by atoms with Gasteiger partial charge in [-0.05, 0) is 31.2 Å². The van der Waals surface area contributed by atoms with Crippen LogP contribution in [0, 0.1) is 11.8 Å². The van der Waals surface area contributed by atoms with Gasteiger partial charge in [-0.1, -0.05) is 20.8 Å². The Morgan fingerprint density at radius 3 is 2.28 bits per heavy atom. The molecule has 0 saturated heterocycles. The lowest BCUT2D eigenvalue weighted by molar-refractivity contribution is -0.144. The molecule has 18 heavy (non-hydrogen) atoms. The standard InChI is InChI=1S/C13H26N2O3/c1-10(2)8-15(9-13(17)18)12(16)5-4-11(3)6-7-14/h10-11H,4-9,14H2,1-3H3,(H,17,18). The van der Waals surface area contributed by atoms with E-state index < -0.39 is 5.97 Å². The number of carboxylic acids is 1. The highest BCUT2D eigenvalue weighted by Gasteiger charge is 2.18. The second kappa shape index (κ2) is 8.91. The van der Waals surface area contributed by atoms with Crippen LogP contribution in [0.5, 0.6) is 0 Å². The minimum atomic E-state index is -0.959. The Kier molecular flexibility index (Phi) is 8.37. The van der Waals surface area contributed by atoms with Crippen LogP contribution in [-0.4, -0.2) is 41.5 Å². The predicted molar refractivity (Wildman–Crippen MR) is 71.1 cm³/mol. The fourth-order valence-corrected chi connectivity index (χ4v) is 1.82. The quantitative estimate of drug-likeness (QED) is 0.653. The lowest BCUT2D eigenvalue weighted by atomic mass is 10.0. The van der Waals surface area contributed by atoms with Crippen molar-refractivity contribution < 1.29 is 14.7 Å². The molecule has 0 aromatic heterocycles. The summed E-state index contributed by atoms with van der Waals surface area (Å²) in [5, 5.41) is 8.80. The van der Waals surface area contributed by atoms with E-state index >= 15 is 0 Å². The fourth-order valence-electron chi connectivity index (χ4n) is 1.82. The Morgan fingerprint density at radius 2 is 1.83 bits per heavy atom. The zero-order valence-corrected chi connectivity index (χ0v) is 11.7. The number of rotatable bonds is 9. The van der Waals surface area contributed by atoms with E-state index in [0.29, 0.717) is 25.4 Å². The highest BCUT2D eigenvalue weighted by molar-refractivity contribution is 5.81. The average molecular weight is 258 g/mol. The van der Waals surface area contributed by atoms with Gasteiger partial charge in [-0.2, -0.15) is 0 Å². The smallest absolute Gasteiger partial charge is 0.323 e. The molecule has 1 amide bonds. The van der Waals surface area contributed by atoms with Gasteiger partial charge in [0, 0.05) is 13.0 Å². The Bertz CT molecular complexity index is 267. The Morgan fingerprint density at radius 1 is 1.22 bits per heavy atom. The second-order valence-electron chi connectivity index (χ2n) is 5.28. The van der Waals surface area contributed by atoms with Gasteiger partial charge in [0.25, 0.3) is 0 Å². The first-order valence-electron chi connectivity index (χ1n) is 6.56. The van der Waals surface area contributed by atoms with E-state index in [1.165, 1.54) is 4.90 Å². The van der Waals surface area contributed by atoms with Crippen LogP contribution in [0.1, 0.15) is 40.0 Å². The summed E-state index contributed by atoms with van der Waals surface area (Å²) < 4.78 is 0. The maximum atomic E-state index is 12.0. The summed E-state index contributed by atoms with van der Waals surface area (Å²) in [6.07, 6.45) is 2.07. The molecule has 0 bridgehead atoms. The molecule has 0 radical (unpaired) electrons. The van der Waals surface area contributed by atoms with Crippen molar-refractivity contribution in [3.05, 3.63) is 0 Å². The zero-order chi connectivity index (χ0) is 14.1. The van der Waals surface area contributed by atoms with Crippen molar-refractivity contribution in [2.75, 3.05) is 19.6 Å². The van der Waals surface area contributed by atoms with Gasteiger partial charge >= 0.3 is 5.97 Å². The molecule has 5 heteroatoms. The number of amides is 1. The normalized spacial score (nSPS) is 12.5. The van der Waals surface area contributed by atoms with Gasteiger partial charge in [0.1, 0.15) is 6.54 Å². The number of aliphatic carboxylic acids is 1. The van der Waals surface area contributed by atoms with Crippen LogP contribution in [-0.2, 0) is 9.59 Å². The molecule has 0 aliphatic rings. The lowest BCUT2D eigenvalue weighted by Gasteiger charge is -2.23. The van der Waals surface area contributed by atoms with Crippen molar-refractivity contribution in [3.63, 3.8) is 0 Å². The van der Waals surface area contributed by atoms with Crippen LogP contribution < -0.4 is 5.73 Å². The summed E-state index contributed by atoms with van der Waals surface area (Å²) in [6.45, 7) is 6.92. The van der Waals surface area contributed by atoms with Crippen molar-refractivity contribution >= 4 is 11.9 Å². The molecule has 0 aliphatic heterocycles. The molecule has 0 aromatic carbocycles. The maximum absolute atomic E-state index is 12.0. The highest BCUT2D eigenvalue weighted by atomic mass is 16.4. The van der Waals surface area contributed by atoms with Crippen LogP contribution >= 0.6 is 0 Å². The molecule has 0 fully saturated rings. The van der Waals surface area contributed by atoms with Crippen molar-refractivity contribution in [2.45, 2.75) is 40.0 Å². The van der Waals surface area contributed by atoms with Gasteiger partial charge in [-0.25, -0.2) is 0 Å². The third-order valence-electron chi connectivity index (χ3n) is 2.77. The maximum Gasteiger partial charge on any atom is 0.323 e. The first kappa shape index (κ1) is 16.9. The van der Waals surface area contributed by atoms with E-state index in [1.807, 2.05) is 13.8 Å². The summed E-state index contributed by atoms with van der Waals surface area (Å²) >= 11 is 0. The SMILES string of the molecule is CC(C)CN(CC(=O)O)C(=O)CCC(C)CCN. The van der Waals surface area contributed by atoms with Crippen molar-refractivity contribution in [1.82, 2.24) is 4.90 Å². The fraction of sp³-hybridized carbons (Fsp3) is 0.846. The first-order chi connectivity index (χ1) is 8.36. The third-order valence-corrected chi connectivity index (χ3v) is 2.77. The van der Waals surface area contributed by atoms with E-state index in [2.05, 4.69) is 6.92 Å². The number of carbonyl (C=O) groups is 2. The van der Waals surface area contributed by atoms with E-state index in [9.17, 15) is 9.59 Å². The number of nitrogens with zero attached hydrogens (tertiary/aromatic N) is 1. The number of nitrogens with two attached hydrogens (primary N) is 1. The predicted octanol–water partition coefficient (Wildman–Crippen LogP) is 1.32. The number of hydrogen-bond acceptors (Lipinski definition) is 3. The molecule has 0 aliphatic carbocycles. The van der Waals surface area contributed by atoms with Gasteiger partial charge in [-0.3, -0.25) is 9.59 Å². The highest BCUT2D eigenvalue weighted by Crippen LogP contribution is 2.11. The molecule has 0 spiro atoms. The Labute approximate surface area is 109 Å². The van der Waals surface area contributed by atoms with Crippen molar-refractivity contribution in [2.24, 2.45) is 17.6 Å². The average Bonchev–Trinajstić information content (AvgIpc) is 2.24. The second-order valence-corrected chi connectivity index (χ2v) is 5.28. The van der Waals surface area contributed by atoms with Crippen LogP contribution in [0.2, 0.25) is 0 Å². The van der Waals surface area contributed by atoms with Crippen LogP contribution in [0.4, 0.5) is 0 Å². The van der Waals surface area contributed by atoms with E-state index in [0.717, 1.165) is 12.8 Å². The number of carboxylic acid groups (broad SMARTS) is 1. The molecule has 3 N–H and O–H groups in total. The summed E-state index contributed by atoms with van der Waals surface area (Å²) in [4.78, 5) is 24.1. The zero-order valence-electron chi connectivity index (χ0n) is 11.7. The van der Waals surface area contributed by atoms with Crippen LogP contribution in [0.3, 0.4) is 0 Å². The molecule has 0 rings (SSSR count). The van der Waals surface area contributed by atoms with E-state index in [-0.39, 0.29) is 18.4 Å². The molecule has 1 atom stereocenters. The van der Waals surface area contributed by atoms with Gasteiger partial charge < -0.3 is 15.7 Å². The van der Waals surface area contributed by atoms with E-state index in [1.54, 1.807) is 0 Å². The Balaban J connectivity index is 4.24. The van der Waals surface area contributed by atoms with Crippen molar-refractivity contribution in [3.8, 4) is 0 Å². The lowest BCUT2D eigenvalue weighted by Crippen LogP contribution is -2.38. The summed E-state index contributed by atoms with van der Waals surface area (Å²) in [6, 6.07) is 0. The summed E-state index contributed by atoms with van der Waals surface area (Å²) in [7, 11) is 0. The van der Waals surface area contributed by atoms with Gasteiger partial charge in [0.05, 0.1) is 0 Å².